The van der Waals surface area contributed by atoms with Gasteiger partial charge in [-0.25, -0.2) is 9.78 Å². The molecule has 1 atom stereocenters. The summed E-state index contributed by atoms with van der Waals surface area (Å²) in [5.41, 5.74) is 0. The van der Waals surface area contributed by atoms with E-state index in [2.05, 4.69) is 16.8 Å². The molecular formula is C12H18ClN3O2S. The summed E-state index contributed by atoms with van der Waals surface area (Å²) in [4.78, 5) is 19.7. The van der Waals surface area contributed by atoms with Crippen molar-refractivity contribution in [2.24, 2.45) is 0 Å². The van der Waals surface area contributed by atoms with Crippen molar-refractivity contribution in [3.8, 4) is 0 Å². The van der Waals surface area contributed by atoms with Gasteiger partial charge in [0.05, 0.1) is 0 Å². The van der Waals surface area contributed by atoms with Crippen LogP contribution in [0.25, 0.3) is 0 Å². The molecule has 0 amide bonds. The summed E-state index contributed by atoms with van der Waals surface area (Å²) in [5.74, 6) is -1.02. The Balaban J connectivity index is 2.05. The normalized spacial score (nSPS) is 19.8. The number of rotatable bonds is 5. The maximum atomic E-state index is 11.0. The summed E-state index contributed by atoms with van der Waals surface area (Å²) in [6, 6.07) is 0.519. The number of nitrogens with zero attached hydrogens (tertiary/aromatic N) is 3. The third kappa shape index (κ3) is 3.19. The molecule has 1 saturated heterocycles. The minimum absolute atomic E-state index is 0.0816. The first kappa shape index (κ1) is 14.6. The van der Waals surface area contributed by atoms with E-state index in [1.165, 1.54) is 12.8 Å². The zero-order valence-corrected chi connectivity index (χ0v) is 12.7. The quantitative estimate of drug-likeness (QED) is 0.905. The van der Waals surface area contributed by atoms with Crippen LogP contribution in [0.5, 0.6) is 0 Å². The molecular weight excluding hydrogens is 286 g/mol. The average Bonchev–Trinajstić information content (AvgIpc) is 2.95. The molecule has 0 spiro atoms. The summed E-state index contributed by atoms with van der Waals surface area (Å²) in [5, 5.41) is 9.74. The second-order valence-electron chi connectivity index (χ2n) is 4.73. The van der Waals surface area contributed by atoms with E-state index < -0.39 is 5.97 Å². The van der Waals surface area contributed by atoms with Crippen LogP contribution in [0.1, 0.15) is 29.4 Å². The van der Waals surface area contributed by atoms with Gasteiger partial charge in [0.25, 0.3) is 0 Å². The molecule has 19 heavy (non-hydrogen) atoms. The Labute approximate surface area is 121 Å². The molecule has 1 aliphatic heterocycles. The van der Waals surface area contributed by atoms with Gasteiger partial charge in [-0.1, -0.05) is 29.9 Å². The van der Waals surface area contributed by atoms with Crippen LogP contribution in [0, 0.1) is 0 Å². The number of aromatic nitrogens is 1. The number of likely N-dealkylation sites (tertiary alicyclic amines) is 1. The fraction of sp³-hybridized carbons (Fsp3) is 0.667. The van der Waals surface area contributed by atoms with E-state index in [9.17, 15) is 4.79 Å². The highest BCUT2D eigenvalue weighted by molar-refractivity contribution is 7.18. The number of likely N-dealkylation sites (N-methyl/N-ethyl adjacent to an activating group) is 2. The number of thiazole rings is 1. The highest BCUT2D eigenvalue weighted by Gasteiger charge is 2.26. The average molecular weight is 304 g/mol. The Morgan fingerprint density at radius 1 is 1.68 bits per heavy atom. The highest BCUT2D eigenvalue weighted by Crippen LogP contribution is 2.30. The van der Waals surface area contributed by atoms with Crippen LogP contribution in [-0.2, 0) is 0 Å². The summed E-state index contributed by atoms with van der Waals surface area (Å²) in [6.07, 6.45) is 2.41. The van der Waals surface area contributed by atoms with E-state index in [-0.39, 0.29) is 10.0 Å². The molecule has 0 bridgehead atoms. The molecule has 2 rings (SSSR count). The topological polar surface area (TPSA) is 56.7 Å². The van der Waals surface area contributed by atoms with Crippen molar-refractivity contribution >= 4 is 34.0 Å². The molecule has 0 aliphatic carbocycles. The van der Waals surface area contributed by atoms with Crippen LogP contribution in [0.15, 0.2) is 0 Å². The van der Waals surface area contributed by atoms with Gasteiger partial charge in [-0.15, -0.1) is 0 Å². The van der Waals surface area contributed by atoms with E-state index >= 15 is 0 Å². The van der Waals surface area contributed by atoms with Crippen LogP contribution in [0.4, 0.5) is 5.13 Å². The van der Waals surface area contributed by atoms with Gasteiger partial charge in [0.15, 0.2) is 15.2 Å². The zero-order valence-electron chi connectivity index (χ0n) is 11.1. The minimum Gasteiger partial charge on any atom is -0.477 e. The lowest BCUT2D eigenvalue weighted by Crippen LogP contribution is -2.38. The Bertz CT molecular complexity index is 466. The number of anilines is 1. The van der Waals surface area contributed by atoms with Gasteiger partial charge in [0.2, 0.25) is 0 Å². The number of halogens is 1. The lowest BCUT2D eigenvalue weighted by molar-refractivity contribution is 0.0702. The van der Waals surface area contributed by atoms with Crippen molar-refractivity contribution in [3.63, 3.8) is 0 Å². The Morgan fingerprint density at radius 3 is 3.00 bits per heavy atom. The monoisotopic (exact) mass is 303 g/mol. The molecule has 0 radical (unpaired) electrons. The van der Waals surface area contributed by atoms with Crippen LogP contribution < -0.4 is 4.90 Å². The van der Waals surface area contributed by atoms with Crippen LogP contribution >= 0.6 is 22.9 Å². The molecule has 1 N–H and O–H groups in total. The molecule has 1 unspecified atom stereocenters. The van der Waals surface area contributed by atoms with Gasteiger partial charge in [-0.2, -0.15) is 0 Å². The van der Waals surface area contributed by atoms with E-state index in [4.69, 9.17) is 16.7 Å². The molecule has 7 heteroatoms. The molecule has 1 aliphatic rings. The first-order valence-corrected chi connectivity index (χ1v) is 7.57. The lowest BCUT2D eigenvalue weighted by atomic mass is 10.2. The van der Waals surface area contributed by atoms with Crippen LogP contribution in [-0.4, -0.2) is 53.7 Å². The molecule has 2 heterocycles. The van der Waals surface area contributed by atoms with Gasteiger partial charge < -0.3 is 10.0 Å². The largest absolute Gasteiger partial charge is 0.477 e. The molecule has 0 saturated carbocycles. The zero-order chi connectivity index (χ0) is 14.0. The van der Waals surface area contributed by atoms with E-state index in [0.29, 0.717) is 11.2 Å². The third-order valence-electron chi connectivity index (χ3n) is 3.49. The van der Waals surface area contributed by atoms with Gasteiger partial charge in [-0.05, 0) is 25.9 Å². The van der Waals surface area contributed by atoms with Gasteiger partial charge in [-0.3, -0.25) is 4.90 Å². The van der Waals surface area contributed by atoms with Crippen molar-refractivity contribution in [2.75, 3.05) is 31.6 Å². The minimum atomic E-state index is -1.02. The standard InChI is InChI=1S/C12H18ClN3O2S/c1-3-16-6-4-5-8(16)7-15(2)12-14-10(13)9(19-12)11(17)18/h8H,3-7H2,1-2H3,(H,17,18). The number of hydrogen-bond acceptors (Lipinski definition) is 5. The molecule has 1 fully saturated rings. The third-order valence-corrected chi connectivity index (χ3v) is 5.03. The van der Waals surface area contributed by atoms with Crippen molar-refractivity contribution in [2.45, 2.75) is 25.8 Å². The van der Waals surface area contributed by atoms with E-state index in [1.54, 1.807) is 0 Å². The molecule has 0 aromatic carbocycles. The van der Waals surface area contributed by atoms with E-state index in [1.807, 2.05) is 11.9 Å². The van der Waals surface area contributed by atoms with Crippen molar-refractivity contribution in [1.82, 2.24) is 9.88 Å². The predicted molar refractivity (Wildman–Crippen MR) is 77.6 cm³/mol. The van der Waals surface area contributed by atoms with Crippen molar-refractivity contribution < 1.29 is 9.90 Å². The summed E-state index contributed by atoms with van der Waals surface area (Å²) in [7, 11) is 1.94. The Kier molecular flexibility index (Phi) is 4.65. The second-order valence-corrected chi connectivity index (χ2v) is 6.06. The SMILES string of the molecule is CCN1CCCC1CN(C)c1nc(Cl)c(C(=O)O)s1. The number of aromatic carboxylic acids is 1. The van der Waals surface area contributed by atoms with Crippen LogP contribution in [0.3, 0.4) is 0 Å². The van der Waals surface area contributed by atoms with Crippen LogP contribution in [0.2, 0.25) is 5.15 Å². The second kappa shape index (κ2) is 6.07. The highest BCUT2D eigenvalue weighted by atomic mass is 35.5. The van der Waals surface area contributed by atoms with Crippen molar-refractivity contribution in [1.29, 1.82) is 0 Å². The Morgan fingerprint density at radius 2 is 2.42 bits per heavy atom. The maximum Gasteiger partial charge on any atom is 0.349 e. The number of hydrogen-bond donors (Lipinski definition) is 1. The fourth-order valence-electron chi connectivity index (χ4n) is 2.50. The molecule has 5 nitrogen and oxygen atoms in total. The predicted octanol–water partition coefficient (Wildman–Crippen LogP) is 2.42. The van der Waals surface area contributed by atoms with Gasteiger partial charge in [0, 0.05) is 19.6 Å². The van der Waals surface area contributed by atoms with Gasteiger partial charge in [0.1, 0.15) is 0 Å². The molecule has 106 valence electrons. The lowest BCUT2D eigenvalue weighted by Gasteiger charge is -2.27. The smallest absolute Gasteiger partial charge is 0.349 e. The summed E-state index contributed by atoms with van der Waals surface area (Å²) < 4.78 is 0. The number of carboxylic acids is 1. The van der Waals surface area contributed by atoms with Gasteiger partial charge >= 0.3 is 5.97 Å². The first-order valence-electron chi connectivity index (χ1n) is 6.37. The maximum absolute atomic E-state index is 11.0. The first-order chi connectivity index (χ1) is 9.02. The Hall–Kier alpha value is -0.850. The number of carbonyl (C=O) groups is 1. The fourth-order valence-corrected chi connectivity index (χ4v) is 3.59. The molecule has 1 aromatic heterocycles. The summed E-state index contributed by atoms with van der Waals surface area (Å²) >= 11 is 6.97. The number of carboxylic acid groups (broad SMARTS) is 1. The van der Waals surface area contributed by atoms with Crippen molar-refractivity contribution in [3.05, 3.63) is 10.0 Å². The molecule has 1 aromatic rings. The van der Waals surface area contributed by atoms with E-state index in [0.717, 1.165) is 31.0 Å². The summed E-state index contributed by atoms with van der Waals surface area (Å²) in [6.45, 7) is 5.23.